The van der Waals surface area contributed by atoms with Gasteiger partial charge in [-0.3, -0.25) is 46.8 Å². The highest BCUT2D eigenvalue weighted by Gasteiger charge is 2.53. The van der Waals surface area contributed by atoms with Gasteiger partial charge in [-0.2, -0.15) is 4.98 Å². The van der Waals surface area contributed by atoms with Gasteiger partial charge in [-0.25, -0.2) is 37.7 Å². The lowest BCUT2D eigenvalue weighted by Crippen LogP contribution is -3.01. The summed E-state index contributed by atoms with van der Waals surface area (Å²) in [6.45, 7) is -0.109. The van der Waals surface area contributed by atoms with Crippen molar-refractivity contribution in [2.24, 2.45) is 5.73 Å². The molecule has 4 aromatic heterocycles. The summed E-state index contributed by atoms with van der Waals surface area (Å²) in [7, 11) is -17.4. The topological polar surface area (TPSA) is 565 Å². The van der Waals surface area contributed by atoms with Gasteiger partial charge in [0.15, 0.2) is 35.8 Å². The highest BCUT2D eigenvalue weighted by molar-refractivity contribution is 7.66. The molecule has 0 saturated carbocycles. The molecular formula is C35H54N15O24P4-. The van der Waals surface area contributed by atoms with Gasteiger partial charge in [0, 0.05) is 21.3 Å². The zero-order valence-corrected chi connectivity index (χ0v) is 44.7. The van der Waals surface area contributed by atoms with E-state index in [4.69, 9.17) is 64.7 Å². The summed E-state index contributed by atoms with van der Waals surface area (Å²) in [5.74, 6) is -1.91. The molecule has 3 aliphatic heterocycles. The number of amides is 1. The van der Waals surface area contributed by atoms with Gasteiger partial charge in [0.25, 0.3) is 21.6 Å². The van der Waals surface area contributed by atoms with Crippen molar-refractivity contribution < 1.29 is 113 Å². The molecule has 4 aromatic rings. The molecule has 3 fully saturated rings. The number of nitrogens with one attached hydrogen (secondary N) is 3. The third-order valence-corrected chi connectivity index (χ3v) is 16.9. The normalized spacial score (nSPS) is 29.5. The third-order valence-electron chi connectivity index (χ3n) is 11.7. The smallest absolute Gasteiger partial charge is 0.485 e. The first-order valence-electron chi connectivity index (χ1n) is 22.2. The molecular weight excluding hydrogens is 1140 g/mol. The fourth-order valence-electron chi connectivity index (χ4n) is 8.32. The molecule has 0 bridgehead atoms. The first-order valence-corrected chi connectivity index (χ1v) is 28.1. The summed E-state index contributed by atoms with van der Waals surface area (Å²) < 4.78 is 111. The van der Waals surface area contributed by atoms with Crippen LogP contribution >= 0.6 is 31.3 Å². The highest BCUT2D eigenvalue weighted by atomic mass is 31.3. The molecule has 434 valence electrons. The van der Waals surface area contributed by atoms with E-state index in [1.165, 1.54) is 16.5 Å². The number of nitrogens with two attached hydrogens (primary N) is 4. The number of anilines is 4. The van der Waals surface area contributed by atoms with Crippen LogP contribution < -0.4 is 53.4 Å². The first-order chi connectivity index (χ1) is 36.4. The predicted molar refractivity (Wildman–Crippen MR) is 253 cm³/mol. The number of imidazole rings is 2. The number of hydrogen-bond donors (Lipinski definition) is 12. The fraction of sp³-hybridized carbons (Fsp3) is 0.571. The Morgan fingerprint density at radius 2 is 1.42 bits per heavy atom. The Hall–Kier alpha value is -4.99. The van der Waals surface area contributed by atoms with Gasteiger partial charge in [-0.05, 0) is 0 Å². The number of nitrogen functional groups attached to an aromatic ring is 3. The molecule has 16 atom stereocenters. The van der Waals surface area contributed by atoms with Gasteiger partial charge in [0.1, 0.15) is 72.6 Å². The van der Waals surface area contributed by atoms with E-state index in [0.717, 1.165) is 37.8 Å². The predicted octanol–water partition coefficient (Wildman–Crippen LogP) is -6.14. The van der Waals surface area contributed by atoms with E-state index in [2.05, 4.69) is 50.4 Å². The van der Waals surface area contributed by atoms with E-state index in [-0.39, 0.29) is 51.8 Å². The van der Waals surface area contributed by atoms with Gasteiger partial charge in [-0.1, -0.05) is 6.58 Å². The number of aliphatic hydroxyl groups excluding tert-OH is 3. The van der Waals surface area contributed by atoms with Crippen molar-refractivity contribution in [2.45, 2.75) is 73.6 Å². The molecule has 43 heteroatoms. The summed E-state index contributed by atoms with van der Waals surface area (Å²) in [5, 5.41) is 34.9. The van der Waals surface area contributed by atoms with Crippen molar-refractivity contribution in [1.29, 1.82) is 0 Å². The van der Waals surface area contributed by atoms with Crippen LogP contribution in [0.2, 0.25) is 0 Å². The molecule has 0 aliphatic carbocycles. The van der Waals surface area contributed by atoms with Gasteiger partial charge in [0.05, 0.1) is 52.4 Å². The van der Waals surface area contributed by atoms with Crippen LogP contribution in [0.25, 0.3) is 11.2 Å². The van der Waals surface area contributed by atoms with Crippen LogP contribution in [0.15, 0.2) is 36.2 Å². The van der Waals surface area contributed by atoms with Crippen molar-refractivity contribution in [3.05, 3.63) is 47.4 Å². The number of H-pyrrole nitrogens is 1. The zero-order chi connectivity index (χ0) is 57.6. The SMILES string of the molecule is C=C(N)NC(=O)c1ncn(C2OC(COP(=O)(O)OC3C(COP(=O)([O-])OP(=O)(O)OP(=O)([O-])OCC4OC(N(C)c5nc(N)[nH]c(=O)c5[NH+](C)C)C(O)C4OC)OC(n4cnc5c(N)ncnc54)C3OC)C(O)C2O)c1N. The maximum atomic E-state index is 13.7. The van der Waals surface area contributed by atoms with Crippen LogP contribution in [0.4, 0.5) is 29.1 Å². The van der Waals surface area contributed by atoms with Crippen molar-refractivity contribution >= 4 is 77.5 Å². The number of fused-ring (bicyclic) bond motifs is 1. The minimum absolute atomic E-state index is 0.0109. The average Bonchev–Trinajstić information content (AvgIpc) is 4.20. The second-order valence-electron chi connectivity index (χ2n) is 17.2. The number of carbonyl (C=O) groups is 1. The maximum absolute atomic E-state index is 13.7. The third kappa shape index (κ3) is 13.3. The summed E-state index contributed by atoms with van der Waals surface area (Å²) in [6.07, 6.45) is -16.4. The summed E-state index contributed by atoms with van der Waals surface area (Å²) in [4.78, 5) is 96.6. The molecule has 0 aromatic carbocycles. The lowest BCUT2D eigenvalue weighted by Gasteiger charge is -2.30. The van der Waals surface area contributed by atoms with Crippen molar-refractivity contribution in [3.63, 3.8) is 0 Å². The van der Waals surface area contributed by atoms with Crippen molar-refractivity contribution in [1.82, 2.24) is 44.4 Å². The monoisotopic (exact) mass is 1190 g/mol. The quantitative estimate of drug-likeness (QED) is 0.0291. The lowest BCUT2D eigenvalue weighted by atomic mass is 10.1. The van der Waals surface area contributed by atoms with Crippen LogP contribution in [0.1, 0.15) is 22.9 Å². The van der Waals surface area contributed by atoms with Gasteiger partial charge >= 0.3 is 21.2 Å². The number of phosphoric acid groups is 4. The summed E-state index contributed by atoms with van der Waals surface area (Å²) >= 11 is 0. The Morgan fingerprint density at radius 3 is 2.03 bits per heavy atom. The minimum atomic E-state index is -6.31. The maximum Gasteiger partial charge on any atom is 0.485 e. The average molecular weight is 1190 g/mol. The number of aromatic amines is 1. The Labute approximate surface area is 438 Å². The van der Waals surface area contributed by atoms with Crippen LogP contribution in [-0.2, 0) is 68.7 Å². The molecule has 0 spiro atoms. The number of hydrogen-bond acceptors (Lipinski definition) is 32. The first kappa shape index (κ1) is 60.6. The molecule has 0 radical (unpaired) electrons. The number of ether oxygens (including phenoxy) is 5. The molecule has 1 amide bonds. The van der Waals surface area contributed by atoms with E-state index in [1.807, 2.05) is 0 Å². The van der Waals surface area contributed by atoms with E-state index in [0.29, 0.717) is 4.90 Å². The molecule has 7 heterocycles. The molecule has 7 rings (SSSR count). The molecule has 16 N–H and O–H groups in total. The molecule has 16 unspecified atom stereocenters. The minimum Gasteiger partial charge on any atom is -0.756 e. The number of aliphatic hydroxyl groups is 3. The van der Waals surface area contributed by atoms with Gasteiger partial charge in [0.2, 0.25) is 17.5 Å². The zero-order valence-electron chi connectivity index (χ0n) is 41.2. The second-order valence-corrected chi connectivity index (χ2v) is 23.2. The number of rotatable bonds is 24. The van der Waals surface area contributed by atoms with E-state index in [9.17, 15) is 62.7 Å². The number of methoxy groups -OCH3 is 2. The van der Waals surface area contributed by atoms with Crippen LogP contribution in [0.3, 0.4) is 0 Å². The Morgan fingerprint density at radius 1 is 0.833 bits per heavy atom. The Kier molecular flexibility index (Phi) is 18.4. The van der Waals surface area contributed by atoms with E-state index in [1.54, 1.807) is 14.1 Å². The van der Waals surface area contributed by atoms with Crippen LogP contribution in [0, 0.1) is 0 Å². The number of nitrogens with zero attached hydrogens (tertiary/aromatic N) is 8. The lowest BCUT2D eigenvalue weighted by molar-refractivity contribution is -0.786. The van der Waals surface area contributed by atoms with Crippen LogP contribution in [0.5, 0.6) is 0 Å². The molecule has 78 heavy (non-hydrogen) atoms. The largest absolute Gasteiger partial charge is 0.756 e. The molecule has 3 aliphatic rings. The molecule has 39 nitrogen and oxygen atoms in total. The number of quaternary nitrogens is 1. The Bertz CT molecular complexity index is 3120. The van der Waals surface area contributed by atoms with Gasteiger partial charge < -0.3 is 101 Å². The number of phosphoric ester groups is 3. The Balaban J connectivity index is 1.02. The molecule has 3 saturated heterocycles. The second kappa shape index (κ2) is 23.6. The van der Waals surface area contributed by atoms with Gasteiger partial charge in [-0.15, -0.1) is 0 Å². The van der Waals surface area contributed by atoms with Crippen molar-refractivity contribution in [2.75, 3.05) is 77.3 Å². The number of aromatic nitrogens is 8. The van der Waals surface area contributed by atoms with Crippen molar-refractivity contribution in [3.8, 4) is 0 Å². The fourth-order valence-corrected chi connectivity index (χ4v) is 12.7. The van der Waals surface area contributed by atoms with E-state index >= 15 is 0 Å². The van der Waals surface area contributed by atoms with E-state index < -0.39 is 136 Å². The van der Waals surface area contributed by atoms with Crippen LogP contribution in [-0.4, -0.2) is 186 Å². The highest BCUT2D eigenvalue weighted by Crippen LogP contribution is 2.65. The summed E-state index contributed by atoms with van der Waals surface area (Å²) in [5.41, 5.74) is 22.2. The number of carbonyl (C=O) groups excluding carboxylic acids is 1. The summed E-state index contributed by atoms with van der Waals surface area (Å²) in [6, 6.07) is 0. The number of likely N-dealkylation sites (N-methyl/N-ethyl adjacent to an activating group) is 1. The standard InChI is InChI=1S/C35H55N15O24P4/c1-13(36)44-30(54)18-27(38)49(11-43-18)33-21(52)20(51)14(69-33)7-66-75(56,57)72-24-16(71-34(25(24)65-6)50-12-42-17-26(37)40-10-41-28(17)50)9-68-77(60,61)74-78(62,63)73-76(58,59)67-8-15-23(64-5)22(53)32(70-15)48(4)29-19(47(2)3)31(55)46-35(39)45-29/h10-12,14-16,20-25,32-34,51-53H,1,7-9,36,38H2,2-6H3,(H,44,54)(H,56,57)(H,58,59)(H,60,61)(H,62,63)(H2,37,40,41)(H3,39,45,46,55)/p-1.